The SMILES string of the molecule is C=C1CCC(C=O)C(F)C1. The molecule has 10 heavy (non-hydrogen) atoms. The van der Waals surface area contributed by atoms with Crippen LogP contribution in [0.4, 0.5) is 4.39 Å². The lowest BCUT2D eigenvalue weighted by molar-refractivity contribution is -0.113. The van der Waals surface area contributed by atoms with Crippen molar-refractivity contribution >= 4 is 6.29 Å². The lowest BCUT2D eigenvalue weighted by Crippen LogP contribution is -2.22. The second-order valence-electron chi connectivity index (χ2n) is 2.81. The quantitative estimate of drug-likeness (QED) is 0.403. The number of carbonyl (C=O) groups excluding carboxylic acids is 1. The molecule has 1 fully saturated rings. The molecule has 1 nitrogen and oxygen atoms in total. The Morgan fingerprint density at radius 2 is 2.40 bits per heavy atom. The Bertz CT molecular complexity index is 153. The first-order chi connectivity index (χ1) is 4.74. The second-order valence-corrected chi connectivity index (χ2v) is 2.81. The van der Waals surface area contributed by atoms with Crippen molar-refractivity contribution in [1.82, 2.24) is 0 Å². The highest BCUT2D eigenvalue weighted by Crippen LogP contribution is 2.28. The number of aldehydes is 1. The summed E-state index contributed by atoms with van der Waals surface area (Å²) in [6.45, 7) is 3.68. The average molecular weight is 142 g/mol. The van der Waals surface area contributed by atoms with Crippen LogP contribution in [0.25, 0.3) is 0 Å². The molecule has 0 aromatic carbocycles. The molecule has 0 bridgehead atoms. The van der Waals surface area contributed by atoms with Gasteiger partial charge in [-0.15, -0.1) is 0 Å². The summed E-state index contributed by atoms with van der Waals surface area (Å²) in [5.74, 6) is -0.370. The molecule has 2 unspecified atom stereocenters. The second kappa shape index (κ2) is 2.95. The lowest BCUT2D eigenvalue weighted by atomic mass is 9.86. The van der Waals surface area contributed by atoms with E-state index < -0.39 is 6.17 Å². The summed E-state index contributed by atoms with van der Waals surface area (Å²) in [4.78, 5) is 10.2. The van der Waals surface area contributed by atoms with Crippen LogP contribution in [0, 0.1) is 5.92 Å². The summed E-state index contributed by atoms with van der Waals surface area (Å²) in [5.41, 5.74) is 0.936. The standard InChI is InChI=1S/C8H11FO/c1-6-2-3-7(5-10)8(9)4-6/h5,7-8H,1-4H2. The van der Waals surface area contributed by atoms with Crippen LogP contribution in [0.1, 0.15) is 19.3 Å². The first-order valence-corrected chi connectivity index (χ1v) is 3.50. The van der Waals surface area contributed by atoms with Crippen LogP contribution in [0.2, 0.25) is 0 Å². The number of hydrogen-bond donors (Lipinski definition) is 0. The predicted octanol–water partition coefficient (Wildman–Crippen LogP) is 1.88. The topological polar surface area (TPSA) is 17.1 Å². The van der Waals surface area contributed by atoms with Crippen molar-refractivity contribution in [2.24, 2.45) is 5.92 Å². The van der Waals surface area contributed by atoms with Crippen LogP contribution in [-0.2, 0) is 4.79 Å². The van der Waals surface area contributed by atoms with Crippen LogP contribution in [0.5, 0.6) is 0 Å². The van der Waals surface area contributed by atoms with Gasteiger partial charge in [0.2, 0.25) is 0 Å². The molecular weight excluding hydrogens is 131 g/mol. The van der Waals surface area contributed by atoms with Crippen LogP contribution >= 0.6 is 0 Å². The maximum Gasteiger partial charge on any atom is 0.125 e. The molecule has 1 aliphatic carbocycles. The minimum atomic E-state index is -0.973. The molecule has 0 aliphatic heterocycles. The summed E-state index contributed by atoms with van der Waals surface area (Å²) in [5, 5.41) is 0. The van der Waals surface area contributed by atoms with Crippen LogP contribution in [-0.4, -0.2) is 12.5 Å². The molecule has 0 N–H and O–H groups in total. The number of rotatable bonds is 1. The van der Waals surface area contributed by atoms with E-state index in [1.165, 1.54) is 0 Å². The molecule has 0 spiro atoms. The van der Waals surface area contributed by atoms with Gasteiger partial charge in [-0.3, -0.25) is 0 Å². The lowest BCUT2D eigenvalue weighted by Gasteiger charge is -2.22. The monoisotopic (exact) mass is 142 g/mol. The van der Waals surface area contributed by atoms with Crippen molar-refractivity contribution in [3.63, 3.8) is 0 Å². The molecule has 0 saturated heterocycles. The van der Waals surface area contributed by atoms with Crippen molar-refractivity contribution < 1.29 is 9.18 Å². The molecule has 1 aliphatic rings. The van der Waals surface area contributed by atoms with Gasteiger partial charge in [-0.05, 0) is 19.3 Å². The molecule has 0 amide bonds. The van der Waals surface area contributed by atoms with E-state index in [0.29, 0.717) is 12.8 Å². The van der Waals surface area contributed by atoms with Crippen LogP contribution in [0.15, 0.2) is 12.2 Å². The van der Waals surface area contributed by atoms with E-state index in [9.17, 15) is 9.18 Å². The molecule has 2 heteroatoms. The Kier molecular flexibility index (Phi) is 2.20. The maximum atomic E-state index is 12.8. The molecule has 56 valence electrons. The smallest absolute Gasteiger partial charge is 0.125 e. The zero-order valence-corrected chi connectivity index (χ0v) is 5.85. The average Bonchev–Trinajstić information content (AvgIpc) is 1.88. The number of halogens is 1. The summed E-state index contributed by atoms with van der Waals surface area (Å²) < 4.78 is 12.8. The van der Waals surface area contributed by atoms with Gasteiger partial charge in [0.1, 0.15) is 12.5 Å². The van der Waals surface area contributed by atoms with E-state index in [2.05, 4.69) is 6.58 Å². The third kappa shape index (κ3) is 1.43. The summed E-state index contributed by atoms with van der Waals surface area (Å²) >= 11 is 0. The van der Waals surface area contributed by atoms with E-state index >= 15 is 0 Å². The van der Waals surface area contributed by atoms with Gasteiger partial charge < -0.3 is 4.79 Å². The zero-order valence-electron chi connectivity index (χ0n) is 5.85. The van der Waals surface area contributed by atoms with Crippen molar-refractivity contribution in [1.29, 1.82) is 0 Å². The highest BCUT2D eigenvalue weighted by atomic mass is 19.1. The van der Waals surface area contributed by atoms with Crippen molar-refractivity contribution in [3.05, 3.63) is 12.2 Å². The van der Waals surface area contributed by atoms with E-state index in [-0.39, 0.29) is 5.92 Å². The van der Waals surface area contributed by atoms with E-state index in [1.807, 2.05) is 0 Å². The molecular formula is C8H11FO. The molecule has 1 saturated carbocycles. The Labute approximate surface area is 59.9 Å². The van der Waals surface area contributed by atoms with Crippen molar-refractivity contribution in [2.45, 2.75) is 25.4 Å². The van der Waals surface area contributed by atoms with E-state index in [4.69, 9.17) is 0 Å². The number of hydrogen-bond acceptors (Lipinski definition) is 1. The first kappa shape index (κ1) is 7.45. The first-order valence-electron chi connectivity index (χ1n) is 3.50. The van der Waals surface area contributed by atoms with Crippen molar-refractivity contribution in [2.75, 3.05) is 0 Å². The van der Waals surface area contributed by atoms with E-state index in [1.54, 1.807) is 0 Å². The number of alkyl halides is 1. The number of carbonyl (C=O) groups is 1. The summed E-state index contributed by atoms with van der Waals surface area (Å²) in [6.07, 6.45) is 1.58. The van der Waals surface area contributed by atoms with E-state index in [0.717, 1.165) is 18.3 Å². The maximum absolute atomic E-state index is 12.8. The third-order valence-corrected chi connectivity index (χ3v) is 1.95. The van der Waals surface area contributed by atoms with Crippen LogP contribution in [0.3, 0.4) is 0 Å². The largest absolute Gasteiger partial charge is 0.303 e. The highest BCUT2D eigenvalue weighted by molar-refractivity contribution is 5.55. The minimum absolute atomic E-state index is 0.370. The minimum Gasteiger partial charge on any atom is -0.303 e. The van der Waals surface area contributed by atoms with Crippen LogP contribution < -0.4 is 0 Å². The molecule has 0 radical (unpaired) electrons. The fourth-order valence-corrected chi connectivity index (χ4v) is 1.23. The van der Waals surface area contributed by atoms with Gasteiger partial charge in [0.15, 0.2) is 0 Å². The fourth-order valence-electron chi connectivity index (χ4n) is 1.23. The van der Waals surface area contributed by atoms with Gasteiger partial charge in [0.05, 0.1) is 0 Å². The Hall–Kier alpha value is -0.660. The molecule has 1 rings (SSSR count). The molecule has 2 atom stereocenters. The van der Waals surface area contributed by atoms with Crippen molar-refractivity contribution in [3.8, 4) is 0 Å². The Morgan fingerprint density at radius 1 is 1.70 bits per heavy atom. The number of allylic oxidation sites excluding steroid dienone is 1. The Morgan fingerprint density at radius 3 is 2.90 bits per heavy atom. The third-order valence-electron chi connectivity index (χ3n) is 1.95. The normalized spacial score (nSPS) is 33.9. The predicted molar refractivity (Wildman–Crippen MR) is 37.4 cm³/mol. The van der Waals surface area contributed by atoms with Gasteiger partial charge in [0.25, 0.3) is 0 Å². The van der Waals surface area contributed by atoms with Gasteiger partial charge in [0, 0.05) is 5.92 Å². The molecule has 0 aromatic heterocycles. The molecule has 0 aromatic rings. The Balaban J connectivity index is 2.50. The zero-order chi connectivity index (χ0) is 7.56. The van der Waals surface area contributed by atoms with Gasteiger partial charge >= 0.3 is 0 Å². The van der Waals surface area contributed by atoms with Gasteiger partial charge in [-0.2, -0.15) is 0 Å². The summed E-state index contributed by atoms with van der Waals surface area (Å²) in [6, 6.07) is 0. The van der Waals surface area contributed by atoms with Gasteiger partial charge in [-0.25, -0.2) is 4.39 Å². The highest BCUT2D eigenvalue weighted by Gasteiger charge is 2.25. The fraction of sp³-hybridized carbons (Fsp3) is 0.625. The molecule has 0 heterocycles. The summed E-state index contributed by atoms with van der Waals surface area (Å²) in [7, 11) is 0. The van der Waals surface area contributed by atoms with Gasteiger partial charge in [-0.1, -0.05) is 12.2 Å².